The zero-order valence-corrected chi connectivity index (χ0v) is 14.2. The monoisotopic (exact) mass is 373 g/mol. The predicted octanol–water partition coefficient (Wildman–Crippen LogP) is 1.05. The number of carboxylic acid groups (broad SMARTS) is 3. The molecule has 0 aromatic carbocycles. The third-order valence-corrected chi connectivity index (χ3v) is 3.26. The van der Waals surface area contributed by atoms with Crippen LogP contribution in [0, 0.1) is 0 Å². The second kappa shape index (κ2) is 10.2. The summed E-state index contributed by atoms with van der Waals surface area (Å²) >= 11 is 0. The maximum Gasteiger partial charge on any atom is 0.335 e. The summed E-state index contributed by atoms with van der Waals surface area (Å²) in [5.41, 5.74) is 11.3. The molecule has 0 amide bonds. The Morgan fingerprint density at radius 1 is 1.07 bits per heavy atom. The van der Waals surface area contributed by atoms with E-state index < -0.39 is 17.9 Å². The van der Waals surface area contributed by atoms with E-state index in [2.05, 4.69) is 4.98 Å². The van der Waals surface area contributed by atoms with E-state index in [1.54, 1.807) is 0 Å². The summed E-state index contributed by atoms with van der Waals surface area (Å²) in [6, 6.07) is 2.67. The Kier molecular flexibility index (Phi) is 7.99. The molecule has 0 bridgehead atoms. The average molecular weight is 373 g/mol. The molecule has 0 atom stereocenters. The minimum Gasteiger partial charge on any atom is -0.478 e. The van der Waals surface area contributed by atoms with Crippen LogP contribution in [-0.2, 0) is 16.0 Å². The molecule has 1 heterocycles. The number of allylic oxidation sites excluding steroid dienone is 2. The number of carbonyl (C=O) groups is 3. The first-order valence-electron chi connectivity index (χ1n) is 7.64. The van der Waals surface area contributed by atoms with E-state index >= 15 is 0 Å². The van der Waals surface area contributed by atoms with Gasteiger partial charge in [0.2, 0.25) is 0 Å². The first kappa shape index (κ1) is 21.2. The standard InChI is InChI=1S/C18H19N3O6/c19-7-5-11(16(22)23)1-3-14(20)9-12(17(24)25)2-4-15-10-13(18(26)27)6-8-21-15/h1-2,5-10H,3-4,19-20H2,(H,22,23)(H,24,25)(H,26,27)/b7-5-,11-1+,12-2+,14-9-. The third kappa shape index (κ3) is 7.26. The van der Waals surface area contributed by atoms with Crippen molar-refractivity contribution < 1.29 is 29.7 Å². The van der Waals surface area contributed by atoms with E-state index in [1.807, 2.05) is 0 Å². The molecule has 0 unspecified atom stereocenters. The fourth-order valence-corrected chi connectivity index (χ4v) is 1.96. The van der Waals surface area contributed by atoms with Gasteiger partial charge in [-0.2, -0.15) is 0 Å². The number of pyridine rings is 1. The van der Waals surface area contributed by atoms with Crippen LogP contribution in [0.1, 0.15) is 22.5 Å². The number of aromatic nitrogens is 1. The fraction of sp³-hybridized carbons (Fsp3) is 0.111. The van der Waals surface area contributed by atoms with Crippen molar-refractivity contribution in [2.75, 3.05) is 0 Å². The van der Waals surface area contributed by atoms with E-state index in [0.717, 1.165) is 6.20 Å². The summed E-state index contributed by atoms with van der Waals surface area (Å²) in [5.74, 6) is -3.54. The Bertz CT molecular complexity index is 852. The van der Waals surface area contributed by atoms with E-state index in [1.165, 1.54) is 42.6 Å². The smallest absolute Gasteiger partial charge is 0.335 e. The van der Waals surface area contributed by atoms with Crippen LogP contribution in [0.15, 0.2) is 65.7 Å². The molecule has 0 fully saturated rings. The van der Waals surface area contributed by atoms with Crippen LogP contribution < -0.4 is 11.5 Å². The minimum atomic E-state index is -1.24. The summed E-state index contributed by atoms with van der Waals surface area (Å²) in [4.78, 5) is 37.3. The van der Waals surface area contributed by atoms with Gasteiger partial charge in [-0.3, -0.25) is 4.98 Å². The van der Waals surface area contributed by atoms with E-state index in [9.17, 15) is 19.5 Å². The van der Waals surface area contributed by atoms with Crippen LogP contribution in [0.25, 0.3) is 0 Å². The maximum absolute atomic E-state index is 11.4. The van der Waals surface area contributed by atoms with E-state index in [-0.39, 0.29) is 35.2 Å². The van der Waals surface area contributed by atoms with Crippen molar-refractivity contribution in [2.24, 2.45) is 11.5 Å². The Morgan fingerprint density at radius 3 is 2.30 bits per heavy atom. The summed E-state index contributed by atoms with van der Waals surface area (Å²) < 4.78 is 0. The molecular formula is C18H19N3O6. The summed E-state index contributed by atoms with van der Waals surface area (Å²) in [5, 5.41) is 27.2. The van der Waals surface area contributed by atoms with Crippen molar-refractivity contribution >= 4 is 17.9 Å². The van der Waals surface area contributed by atoms with Gasteiger partial charge >= 0.3 is 17.9 Å². The number of aromatic carboxylic acids is 1. The predicted molar refractivity (Wildman–Crippen MR) is 96.6 cm³/mol. The number of carboxylic acids is 3. The topological polar surface area (TPSA) is 177 Å². The summed E-state index contributed by atoms with van der Waals surface area (Å²) in [6.45, 7) is 0. The molecule has 9 heteroatoms. The molecule has 27 heavy (non-hydrogen) atoms. The molecule has 0 aliphatic heterocycles. The number of hydrogen-bond acceptors (Lipinski definition) is 6. The highest BCUT2D eigenvalue weighted by atomic mass is 16.4. The van der Waals surface area contributed by atoms with Gasteiger partial charge in [0, 0.05) is 30.4 Å². The lowest BCUT2D eigenvalue weighted by molar-refractivity contribution is -0.133. The molecule has 9 nitrogen and oxygen atoms in total. The highest BCUT2D eigenvalue weighted by Gasteiger charge is 2.08. The molecular weight excluding hydrogens is 354 g/mol. The van der Waals surface area contributed by atoms with Gasteiger partial charge in [0.1, 0.15) is 0 Å². The third-order valence-electron chi connectivity index (χ3n) is 3.26. The van der Waals surface area contributed by atoms with Crippen molar-refractivity contribution in [3.63, 3.8) is 0 Å². The van der Waals surface area contributed by atoms with Crippen molar-refractivity contribution in [3.05, 3.63) is 76.9 Å². The van der Waals surface area contributed by atoms with Crippen LogP contribution >= 0.6 is 0 Å². The molecule has 142 valence electrons. The van der Waals surface area contributed by atoms with Crippen LogP contribution in [0.5, 0.6) is 0 Å². The van der Waals surface area contributed by atoms with Crippen LogP contribution in [0.4, 0.5) is 0 Å². The number of nitrogens with two attached hydrogens (primary N) is 2. The molecule has 0 aliphatic rings. The Balaban J connectivity index is 2.99. The molecule has 1 rings (SSSR count). The average Bonchev–Trinajstić information content (AvgIpc) is 2.61. The van der Waals surface area contributed by atoms with Crippen LogP contribution in [0.3, 0.4) is 0 Å². The van der Waals surface area contributed by atoms with Gasteiger partial charge in [0.15, 0.2) is 0 Å². The summed E-state index contributed by atoms with van der Waals surface area (Å²) in [6.07, 6.45) is 7.50. The van der Waals surface area contributed by atoms with E-state index in [0.29, 0.717) is 5.69 Å². The Labute approximate surface area is 154 Å². The van der Waals surface area contributed by atoms with Gasteiger partial charge in [-0.15, -0.1) is 0 Å². The molecule has 7 N–H and O–H groups in total. The van der Waals surface area contributed by atoms with Crippen molar-refractivity contribution in [1.29, 1.82) is 0 Å². The fourth-order valence-electron chi connectivity index (χ4n) is 1.96. The molecule has 0 saturated carbocycles. The highest BCUT2D eigenvalue weighted by molar-refractivity contribution is 5.91. The van der Waals surface area contributed by atoms with Gasteiger partial charge in [-0.05, 0) is 30.5 Å². The molecule has 1 aromatic rings. The quantitative estimate of drug-likeness (QED) is 0.312. The second-order valence-corrected chi connectivity index (χ2v) is 5.26. The zero-order valence-electron chi connectivity index (χ0n) is 14.2. The first-order valence-corrected chi connectivity index (χ1v) is 7.64. The highest BCUT2D eigenvalue weighted by Crippen LogP contribution is 2.09. The number of aliphatic carboxylic acids is 2. The maximum atomic E-state index is 11.4. The van der Waals surface area contributed by atoms with Gasteiger partial charge in [0.05, 0.1) is 16.7 Å². The van der Waals surface area contributed by atoms with Gasteiger partial charge in [-0.1, -0.05) is 12.2 Å². The minimum absolute atomic E-state index is 0.00332. The number of hydrogen-bond donors (Lipinski definition) is 5. The summed E-state index contributed by atoms with van der Waals surface area (Å²) in [7, 11) is 0. The lowest BCUT2D eigenvalue weighted by Crippen LogP contribution is -2.05. The van der Waals surface area contributed by atoms with Crippen molar-refractivity contribution in [3.8, 4) is 0 Å². The lowest BCUT2D eigenvalue weighted by Gasteiger charge is -2.02. The van der Waals surface area contributed by atoms with Gasteiger partial charge in [-0.25, -0.2) is 14.4 Å². The largest absolute Gasteiger partial charge is 0.478 e. The van der Waals surface area contributed by atoms with Crippen LogP contribution in [-0.4, -0.2) is 38.2 Å². The van der Waals surface area contributed by atoms with Gasteiger partial charge < -0.3 is 26.8 Å². The molecule has 0 spiro atoms. The number of rotatable bonds is 9. The lowest BCUT2D eigenvalue weighted by atomic mass is 10.1. The van der Waals surface area contributed by atoms with E-state index in [4.69, 9.17) is 21.7 Å². The normalized spacial score (nSPS) is 13.0. The Morgan fingerprint density at radius 2 is 1.74 bits per heavy atom. The zero-order chi connectivity index (χ0) is 20.4. The van der Waals surface area contributed by atoms with Crippen molar-refractivity contribution in [2.45, 2.75) is 12.8 Å². The van der Waals surface area contributed by atoms with Crippen LogP contribution in [0.2, 0.25) is 0 Å². The molecule has 0 saturated heterocycles. The second-order valence-electron chi connectivity index (χ2n) is 5.26. The molecule has 1 aromatic heterocycles. The SMILES string of the molecule is N/C=C\C(=C/C/C(N)=C/C(=C\Cc1cc(C(=O)O)ccn1)C(=O)O)C(=O)O. The molecule has 0 aliphatic carbocycles. The first-order chi connectivity index (χ1) is 12.7. The van der Waals surface area contributed by atoms with Crippen molar-refractivity contribution in [1.82, 2.24) is 4.98 Å². The number of nitrogens with zero attached hydrogens (tertiary/aromatic N) is 1. The van der Waals surface area contributed by atoms with Gasteiger partial charge in [0.25, 0.3) is 0 Å². The Hall–Kier alpha value is -3.88. The molecule has 0 radical (unpaired) electrons.